The molecule has 0 aromatic heterocycles. The van der Waals surface area contributed by atoms with Crippen molar-refractivity contribution >= 4 is 17.3 Å². The molecule has 0 atom stereocenters. The molecule has 108 valence electrons. The third kappa shape index (κ3) is 3.17. The van der Waals surface area contributed by atoms with Crippen LogP contribution in [0.5, 0.6) is 5.75 Å². The first-order valence-electron chi connectivity index (χ1n) is 6.24. The number of carbonyl (C=O) groups is 1. The maximum Gasteiger partial charge on any atom is 0.269 e. The summed E-state index contributed by atoms with van der Waals surface area (Å²) in [5.41, 5.74) is 2.01. The van der Waals surface area contributed by atoms with Crippen LogP contribution in [-0.2, 0) is 0 Å². The first-order chi connectivity index (χ1) is 9.88. The number of carbonyl (C=O) groups excluding carboxylic acids is 1. The maximum absolute atomic E-state index is 12.2. The zero-order chi connectivity index (χ0) is 15.6. The van der Waals surface area contributed by atoms with Crippen molar-refractivity contribution in [3.05, 3.63) is 63.2 Å². The first kappa shape index (κ1) is 14.5. The normalized spacial score (nSPS) is 10.2. The molecule has 0 aliphatic heterocycles. The molecular weight excluding hydrogens is 272 g/mol. The van der Waals surface area contributed by atoms with Gasteiger partial charge in [0.05, 0.1) is 10.5 Å². The zero-order valence-electron chi connectivity index (χ0n) is 11.6. The Bertz CT molecular complexity index is 726. The Labute approximate surface area is 121 Å². The van der Waals surface area contributed by atoms with E-state index in [4.69, 9.17) is 0 Å². The van der Waals surface area contributed by atoms with E-state index >= 15 is 0 Å². The number of hydrogen-bond donors (Lipinski definition) is 2. The molecule has 0 radical (unpaired) electrons. The van der Waals surface area contributed by atoms with Crippen LogP contribution in [0.25, 0.3) is 0 Å². The summed E-state index contributed by atoms with van der Waals surface area (Å²) < 4.78 is 0. The number of hydrogen-bond acceptors (Lipinski definition) is 4. The fraction of sp³-hybridized carbons (Fsp3) is 0.133. The second-order valence-corrected chi connectivity index (χ2v) is 4.73. The van der Waals surface area contributed by atoms with Gasteiger partial charge >= 0.3 is 0 Å². The van der Waals surface area contributed by atoms with E-state index in [1.165, 1.54) is 24.3 Å². The number of benzene rings is 2. The molecule has 0 saturated carbocycles. The maximum atomic E-state index is 12.2. The number of anilines is 1. The summed E-state index contributed by atoms with van der Waals surface area (Å²) in [6.07, 6.45) is 0. The number of nitro benzene ring substituents is 1. The number of rotatable bonds is 3. The van der Waals surface area contributed by atoms with Gasteiger partial charge in [-0.2, -0.15) is 0 Å². The molecule has 0 unspecified atom stereocenters. The van der Waals surface area contributed by atoms with E-state index in [2.05, 4.69) is 5.32 Å². The van der Waals surface area contributed by atoms with Crippen LogP contribution in [-0.4, -0.2) is 15.9 Å². The molecule has 0 aliphatic rings. The number of nitro groups is 1. The third-order valence-corrected chi connectivity index (χ3v) is 3.07. The number of aryl methyl sites for hydroxylation is 2. The van der Waals surface area contributed by atoms with Gasteiger partial charge in [0.2, 0.25) is 0 Å². The van der Waals surface area contributed by atoms with Crippen molar-refractivity contribution in [2.24, 2.45) is 0 Å². The van der Waals surface area contributed by atoms with E-state index < -0.39 is 10.8 Å². The molecule has 2 N–H and O–H groups in total. The predicted molar refractivity (Wildman–Crippen MR) is 78.6 cm³/mol. The monoisotopic (exact) mass is 286 g/mol. The number of phenols is 1. The van der Waals surface area contributed by atoms with Crippen LogP contribution in [0.1, 0.15) is 21.5 Å². The summed E-state index contributed by atoms with van der Waals surface area (Å²) in [6, 6.07) is 8.89. The van der Waals surface area contributed by atoms with Gasteiger partial charge in [-0.25, -0.2) is 0 Å². The summed E-state index contributed by atoms with van der Waals surface area (Å²) in [4.78, 5) is 22.3. The zero-order valence-corrected chi connectivity index (χ0v) is 11.6. The van der Waals surface area contributed by atoms with Crippen molar-refractivity contribution in [1.82, 2.24) is 0 Å². The van der Waals surface area contributed by atoms with Gasteiger partial charge in [0, 0.05) is 17.8 Å². The number of nitrogens with one attached hydrogen (secondary N) is 1. The molecular formula is C15H14N2O4. The second-order valence-electron chi connectivity index (χ2n) is 4.73. The molecule has 1 amide bonds. The van der Waals surface area contributed by atoms with E-state index in [9.17, 15) is 20.0 Å². The molecule has 2 rings (SSSR count). The highest BCUT2D eigenvalue weighted by Gasteiger charge is 2.14. The van der Waals surface area contributed by atoms with E-state index in [0.717, 1.165) is 5.56 Å². The fourth-order valence-corrected chi connectivity index (χ4v) is 1.92. The number of aromatic hydroxyl groups is 1. The summed E-state index contributed by atoms with van der Waals surface area (Å²) in [6.45, 7) is 3.48. The molecule has 0 spiro atoms. The number of nitrogens with zero attached hydrogens (tertiary/aromatic N) is 1. The van der Waals surface area contributed by atoms with E-state index in [0.29, 0.717) is 11.3 Å². The van der Waals surface area contributed by atoms with Crippen molar-refractivity contribution in [3.8, 4) is 5.75 Å². The van der Waals surface area contributed by atoms with Gasteiger partial charge in [0.1, 0.15) is 5.75 Å². The minimum atomic E-state index is -0.495. The van der Waals surface area contributed by atoms with Gasteiger partial charge < -0.3 is 10.4 Å². The van der Waals surface area contributed by atoms with Crippen molar-refractivity contribution in [3.63, 3.8) is 0 Å². The Morgan fingerprint density at radius 1 is 1.19 bits per heavy atom. The van der Waals surface area contributed by atoms with E-state index in [1.54, 1.807) is 19.1 Å². The Kier molecular flexibility index (Phi) is 3.89. The third-order valence-electron chi connectivity index (χ3n) is 3.07. The lowest BCUT2D eigenvalue weighted by Crippen LogP contribution is -2.13. The van der Waals surface area contributed by atoms with Crippen LogP contribution in [0.15, 0.2) is 36.4 Å². The average molecular weight is 286 g/mol. The van der Waals surface area contributed by atoms with Crippen LogP contribution < -0.4 is 5.32 Å². The molecule has 0 fully saturated rings. The minimum absolute atomic E-state index is 0.0381. The highest BCUT2D eigenvalue weighted by atomic mass is 16.6. The first-order valence-corrected chi connectivity index (χ1v) is 6.24. The molecule has 0 bridgehead atoms. The number of non-ortho nitro benzene ring substituents is 1. The van der Waals surface area contributed by atoms with E-state index in [-0.39, 0.29) is 17.0 Å². The Morgan fingerprint density at radius 2 is 1.90 bits per heavy atom. The highest BCUT2D eigenvalue weighted by molar-refractivity contribution is 6.06. The number of amides is 1. The Hall–Kier alpha value is -2.89. The predicted octanol–water partition coefficient (Wildman–Crippen LogP) is 3.17. The molecule has 6 nitrogen and oxygen atoms in total. The van der Waals surface area contributed by atoms with Crippen molar-refractivity contribution in [2.75, 3.05) is 5.32 Å². The summed E-state index contributed by atoms with van der Waals surface area (Å²) in [5.74, 6) is -0.578. The highest BCUT2D eigenvalue weighted by Crippen LogP contribution is 2.24. The molecule has 21 heavy (non-hydrogen) atoms. The molecule has 2 aromatic carbocycles. The quantitative estimate of drug-likeness (QED) is 0.669. The van der Waals surface area contributed by atoms with Crippen LogP contribution in [0.2, 0.25) is 0 Å². The van der Waals surface area contributed by atoms with Crippen LogP contribution in [0, 0.1) is 24.0 Å². The van der Waals surface area contributed by atoms with Gasteiger partial charge in [0.25, 0.3) is 11.6 Å². The fourth-order valence-electron chi connectivity index (χ4n) is 1.92. The largest absolute Gasteiger partial charge is 0.507 e. The van der Waals surface area contributed by atoms with Crippen molar-refractivity contribution in [2.45, 2.75) is 13.8 Å². The lowest BCUT2D eigenvalue weighted by atomic mass is 10.1. The second kappa shape index (κ2) is 5.62. The smallest absolute Gasteiger partial charge is 0.269 e. The standard InChI is InChI=1S/C15H14N2O4/c1-9-3-6-14(18)12(7-9)15(19)16-13-5-4-11(17(20)21)8-10(13)2/h3-8,18H,1-2H3,(H,16,19). The summed E-state index contributed by atoms with van der Waals surface area (Å²) in [5, 5.41) is 23.0. The molecule has 0 aliphatic carbocycles. The van der Waals surface area contributed by atoms with E-state index in [1.807, 2.05) is 6.92 Å². The summed E-state index contributed by atoms with van der Waals surface area (Å²) in [7, 11) is 0. The van der Waals surface area contributed by atoms with Gasteiger partial charge in [-0.05, 0) is 37.6 Å². The van der Waals surface area contributed by atoms with Crippen LogP contribution in [0.3, 0.4) is 0 Å². The van der Waals surface area contributed by atoms with Gasteiger partial charge in [0.15, 0.2) is 0 Å². The minimum Gasteiger partial charge on any atom is -0.507 e. The lowest BCUT2D eigenvalue weighted by molar-refractivity contribution is -0.384. The molecule has 2 aromatic rings. The van der Waals surface area contributed by atoms with Crippen LogP contribution in [0.4, 0.5) is 11.4 Å². The van der Waals surface area contributed by atoms with Gasteiger partial charge in [-0.15, -0.1) is 0 Å². The molecule has 0 heterocycles. The van der Waals surface area contributed by atoms with Gasteiger partial charge in [-0.3, -0.25) is 14.9 Å². The molecule has 6 heteroatoms. The summed E-state index contributed by atoms with van der Waals surface area (Å²) >= 11 is 0. The Morgan fingerprint density at radius 3 is 2.52 bits per heavy atom. The average Bonchev–Trinajstić information content (AvgIpc) is 2.43. The van der Waals surface area contributed by atoms with Crippen molar-refractivity contribution in [1.29, 1.82) is 0 Å². The Balaban J connectivity index is 2.27. The van der Waals surface area contributed by atoms with Gasteiger partial charge in [-0.1, -0.05) is 11.6 Å². The topological polar surface area (TPSA) is 92.5 Å². The number of phenolic OH excluding ortho intramolecular Hbond substituents is 1. The SMILES string of the molecule is Cc1ccc(O)c(C(=O)Nc2ccc([N+](=O)[O-])cc2C)c1. The molecule has 0 saturated heterocycles. The van der Waals surface area contributed by atoms with Crippen LogP contribution >= 0.6 is 0 Å². The lowest BCUT2D eigenvalue weighted by Gasteiger charge is -2.10. The van der Waals surface area contributed by atoms with Crippen molar-refractivity contribution < 1.29 is 14.8 Å².